The summed E-state index contributed by atoms with van der Waals surface area (Å²) >= 11 is 0. The van der Waals surface area contributed by atoms with Crippen LogP contribution in [0, 0.1) is 12.7 Å². The molecule has 3 rings (SSSR count). The Hall–Kier alpha value is -2.30. The Bertz CT molecular complexity index is 690. The van der Waals surface area contributed by atoms with Crippen LogP contribution in [0.1, 0.15) is 5.56 Å². The van der Waals surface area contributed by atoms with Gasteiger partial charge >= 0.3 is 0 Å². The van der Waals surface area contributed by atoms with Gasteiger partial charge in [-0.15, -0.1) is 5.10 Å². The van der Waals surface area contributed by atoms with Crippen molar-refractivity contribution in [3.63, 3.8) is 0 Å². The lowest BCUT2D eigenvalue weighted by Gasteiger charge is -1.97. The van der Waals surface area contributed by atoms with Crippen LogP contribution in [0.15, 0.2) is 36.8 Å². The predicted octanol–water partition coefficient (Wildman–Crippen LogP) is 2.24. The fourth-order valence-corrected chi connectivity index (χ4v) is 1.67. The van der Waals surface area contributed by atoms with E-state index in [1.165, 1.54) is 16.8 Å². The monoisotopic (exact) mass is 228 g/mol. The summed E-state index contributed by atoms with van der Waals surface area (Å²) in [5, 5.41) is 4.23. The molecule has 0 aromatic carbocycles. The Morgan fingerprint density at radius 2 is 2.12 bits per heavy atom. The van der Waals surface area contributed by atoms with E-state index in [4.69, 9.17) is 0 Å². The van der Waals surface area contributed by atoms with E-state index >= 15 is 0 Å². The van der Waals surface area contributed by atoms with Gasteiger partial charge in [0.25, 0.3) is 0 Å². The summed E-state index contributed by atoms with van der Waals surface area (Å²) in [6.07, 6.45) is 4.73. The minimum absolute atomic E-state index is 0.336. The van der Waals surface area contributed by atoms with Crippen molar-refractivity contribution in [2.24, 2.45) is 0 Å². The van der Waals surface area contributed by atoms with Crippen molar-refractivity contribution in [1.82, 2.24) is 19.6 Å². The van der Waals surface area contributed by atoms with Crippen LogP contribution >= 0.6 is 0 Å². The molecule has 0 amide bonds. The molecule has 84 valence electrons. The highest BCUT2D eigenvalue weighted by Gasteiger charge is 2.09. The van der Waals surface area contributed by atoms with Gasteiger partial charge in [-0.05, 0) is 30.7 Å². The van der Waals surface area contributed by atoms with Gasteiger partial charge in [0.15, 0.2) is 11.5 Å². The minimum Gasteiger partial charge on any atom is -0.264 e. The Kier molecular flexibility index (Phi) is 2.11. The van der Waals surface area contributed by atoms with Crippen LogP contribution < -0.4 is 0 Å². The molecular weight excluding hydrogens is 219 g/mol. The van der Waals surface area contributed by atoms with E-state index in [1.54, 1.807) is 18.5 Å². The lowest BCUT2D eigenvalue weighted by Crippen LogP contribution is -1.89. The number of fused-ring (bicyclic) bond motifs is 1. The topological polar surface area (TPSA) is 43.1 Å². The van der Waals surface area contributed by atoms with Crippen molar-refractivity contribution in [2.45, 2.75) is 6.92 Å². The number of pyridine rings is 2. The largest absolute Gasteiger partial charge is 0.264 e. The first-order valence-corrected chi connectivity index (χ1v) is 5.17. The molecule has 0 fully saturated rings. The molecule has 3 aromatic rings. The molecule has 4 nitrogen and oxygen atoms in total. The molecular formula is C12H9FN4. The summed E-state index contributed by atoms with van der Waals surface area (Å²) in [6, 6.07) is 4.85. The molecule has 0 spiro atoms. The summed E-state index contributed by atoms with van der Waals surface area (Å²) in [7, 11) is 0. The lowest BCUT2D eigenvalue weighted by molar-refractivity contribution is 0.615. The Morgan fingerprint density at radius 3 is 2.94 bits per heavy atom. The number of halogens is 1. The first-order chi connectivity index (χ1) is 8.24. The molecule has 0 unspecified atom stereocenters. The van der Waals surface area contributed by atoms with Gasteiger partial charge in [0.1, 0.15) is 5.82 Å². The van der Waals surface area contributed by atoms with E-state index in [0.717, 1.165) is 11.1 Å². The van der Waals surface area contributed by atoms with E-state index in [-0.39, 0.29) is 5.82 Å². The molecule has 0 saturated carbocycles. The van der Waals surface area contributed by atoms with Crippen LogP contribution in [0.25, 0.3) is 17.0 Å². The van der Waals surface area contributed by atoms with Gasteiger partial charge in [0.2, 0.25) is 0 Å². The average molecular weight is 228 g/mol. The van der Waals surface area contributed by atoms with Crippen molar-refractivity contribution in [1.29, 1.82) is 0 Å². The van der Waals surface area contributed by atoms with E-state index < -0.39 is 0 Å². The lowest BCUT2D eigenvalue weighted by atomic mass is 10.1. The van der Waals surface area contributed by atoms with Crippen LogP contribution in [-0.2, 0) is 0 Å². The summed E-state index contributed by atoms with van der Waals surface area (Å²) < 4.78 is 14.5. The van der Waals surface area contributed by atoms with Crippen molar-refractivity contribution < 1.29 is 4.39 Å². The number of rotatable bonds is 1. The zero-order valence-corrected chi connectivity index (χ0v) is 9.13. The van der Waals surface area contributed by atoms with Crippen LogP contribution in [-0.4, -0.2) is 19.6 Å². The third kappa shape index (κ3) is 1.65. The maximum atomic E-state index is 13.0. The number of nitrogens with zero attached hydrogens (tertiary/aromatic N) is 4. The molecule has 0 bridgehead atoms. The minimum atomic E-state index is -0.336. The standard InChI is InChI=1S/C12H9FN4/c1-8-4-5-14-6-10(8)12-15-11-3-2-9(13)7-17(11)16-12/h2-7H,1H3. The molecule has 0 saturated heterocycles. The van der Waals surface area contributed by atoms with Crippen molar-refractivity contribution in [2.75, 3.05) is 0 Å². The Labute approximate surface area is 96.8 Å². The maximum Gasteiger partial charge on any atom is 0.183 e. The summed E-state index contributed by atoms with van der Waals surface area (Å²) in [5.74, 6) is 0.220. The van der Waals surface area contributed by atoms with Crippen LogP contribution in [0.2, 0.25) is 0 Å². The maximum absolute atomic E-state index is 13.0. The number of aromatic nitrogens is 4. The van der Waals surface area contributed by atoms with Crippen molar-refractivity contribution in [3.8, 4) is 11.4 Å². The van der Waals surface area contributed by atoms with Gasteiger partial charge < -0.3 is 0 Å². The fraction of sp³-hybridized carbons (Fsp3) is 0.0833. The molecule has 3 heterocycles. The zero-order valence-electron chi connectivity index (χ0n) is 9.13. The second-order valence-corrected chi connectivity index (χ2v) is 3.78. The van der Waals surface area contributed by atoms with Crippen LogP contribution in [0.4, 0.5) is 4.39 Å². The van der Waals surface area contributed by atoms with Crippen LogP contribution in [0.3, 0.4) is 0 Å². The third-order valence-corrected chi connectivity index (χ3v) is 2.57. The second kappa shape index (κ2) is 3.62. The highest BCUT2D eigenvalue weighted by molar-refractivity contribution is 5.60. The number of hydrogen-bond donors (Lipinski definition) is 0. The van der Waals surface area contributed by atoms with Crippen molar-refractivity contribution in [3.05, 3.63) is 48.2 Å². The van der Waals surface area contributed by atoms with E-state index in [2.05, 4.69) is 15.1 Å². The molecule has 0 aliphatic rings. The summed E-state index contributed by atoms with van der Waals surface area (Å²) in [4.78, 5) is 8.38. The van der Waals surface area contributed by atoms with Gasteiger partial charge in [0.05, 0.1) is 6.20 Å². The Morgan fingerprint density at radius 1 is 1.24 bits per heavy atom. The second-order valence-electron chi connectivity index (χ2n) is 3.78. The van der Waals surface area contributed by atoms with Gasteiger partial charge in [0, 0.05) is 18.0 Å². The molecule has 0 radical (unpaired) electrons. The molecule has 0 atom stereocenters. The smallest absolute Gasteiger partial charge is 0.183 e. The molecule has 0 aliphatic carbocycles. The average Bonchev–Trinajstić information content (AvgIpc) is 2.72. The first-order valence-electron chi connectivity index (χ1n) is 5.17. The molecule has 0 N–H and O–H groups in total. The van der Waals surface area contributed by atoms with Crippen LogP contribution in [0.5, 0.6) is 0 Å². The van der Waals surface area contributed by atoms with E-state index in [9.17, 15) is 4.39 Å². The zero-order chi connectivity index (χ0) is 11.8. The van der Waals surface area contributed by atoms with E-state index in [1.807, 2.05) is 13.0 Å². The van der Waals surface area contributed by atoms with Gasteiger partial charge in [-0.25, -0.2) is 13.9 Å². The quantitative estimate of drug-likeness (QED) is 0.641. The molecule has 17 heavy (non-hydrogen) atoms. The number of aryl methyl sites for hydroxylation is 1. The van der Waals surface area contributed by atoms with Gasteiger partial charge in [-0.2, -0.15) is 0 Å². The fourth-order valence-electron chi connectivity index (χ4n) is 1.67. The third-order valence-electron chi connectivity index (χ3n) is 2.57. The first kappa shape index (κ1) is 9.89. The summed E-state index contributed by atoms with van der Waals surface area (Å²) in [6.45, 7) is 1.96. The predicted molar refractivity (Wildman–Crippen MR) is 60.9 cm³/mol. The molecule has 0 aliphatic heterocycles. The van der Waals surface area contributed by atoms with Gasteiger partial charge in [-0.3, -0.25) is 4.98 Å². The van der Waals surface area contributed by atoms with Crippen molar-refractivity contribution >= 4 is 5.65 Å². The summed E-state index contributed by atoms with van der Waals surface area (Å²) in [5.41, 5.74) is 2.51. The highest BCUT2D eigenvalue weighted by atomic mass is 19.1. The SMILES string of the molecule is Cc1ccncc1-c1nc2ccc(F)cn2n1. The molecule has 3 aromatic heterocycles. The van der Waals surface area contributed by atoms with Gasteiger partial charge in [-0.1, -0.05) is 0 Å². The normalized spacial score (nSPS) is 10.9. The highest BCUT2D eigenvalue weighted by Crippen LogP contribution is 2.19. The Balaban J connectivity index is 2.22. The molecule has 5 heteroatoms. The number of hydrogen-bond acceptors (Lipinski definition) is 3. The van der Waals surface area contributed by atoms with E-state index in [0.29, 0.717) is 11.5 Å².